The third-order valence-electron chi connectivity index (χ3n) is 4.08. The lowest BCUT2D eigenvalue weighted by Gasteiger charge is -2.16. The van der Waals surface area contributed by atoms with Crippen molar-refractivity contribution in [1.29, 1.82) is 0 Å². The minimum atomic E-state index is -2.41. The lowest BCUT2D eigenvalue weighted by Crippen LogP contribution is -2.39. The molecule has 1 saturated heterocycles. The van der Waals surface area contributed by atoms with Crippen LogP contribution in [0.15, 0.2) is 30.5 Å². The van der Waals surface area contributed by atoms with Crippen molar-refractivity contribution in [3.63, 3.8) is 0 Å². The highest BCUT2D eigenvalue weighted by molar-refractivity contribution is 5.94. The summed E-state index contributed by atoms with van der Waals surface area (Å²) in [6, 6.07) is 5.59. The molecule has 24 heavy (non-hydrogen) atoms. The zero-order chi connectivity index (χ0) is 17.5. The second-order valence-electron chi connectivity index (χ2n) is 5.83. The number of amides is 1. The average molecular weight is 335 g/mol. The Hall–Kier alpha value is -2.77. The van der Waals surface area contributed by atoms with Crippen molar-refractivity contribution in [2.45, 2.75) is 19.0 Å². The molecule has 3 rings (SSSR count). The van der Waals surface area contributed by atoms with Gasteiger partial charge >= 0.3 is 5.97 Å². The van der Waals surface area contributed by atoms with E-state index < -0.39 is 24.1 Å². The molecule has 0 spiro atoms. The molecule has 0 aliphatic carbocycles. The number of hydrogen-bond acceptors (Lipinski definition) is 3. The Balaban J connectivity index is 1.84. The molecule has 0 saturated carbocycles. The lowest BCUT2D eigenvalue weighted by molar-refractivity contribution is -0.149. The van der Waals surface area contributed by atoms with Crippen LogP contribution < -0.4 is 0 Å². The number of nitrogens with zero attached hydrogens (tertiary/aromatic N) is 3. The molecule has 2 heterocycles. The van der Waals surface area contributed by atoms with E-state index in [9.17, 15) is 18.4 Å². The number of benzene rings is 1. The lowest BCUT2D eigenvalue weighted by atomic mass is 10.1. The topological polar surface area (TPSA) is 75.4 Å². The molecule has 1 atom stereocenters. The fourth-order valence-electron chi connectivity index (χ4n) is 2.67. The summed E-state index contributed by atoms with van der Waals surface area (Å²) < 4.78 is 28.5. The van der Waals surface area contributed by atoms with Gasteiger partial charge in [0.15, 0.2) is 5.69 Å². The maximum atomic E-state index is 14.1. The molecule has 8 heteroatoms. The highest BCUT2D eigenvalue weighted by atomic mass is 19.1. The SMILES string of the molecule is Cc1cn(-c2ccc(F)cc2)nc1C(=O)N1CCC(F)(C(=O)O)C1. The van der Waals surface area contributed by atoms with Crippen molar-refractivity contribution < 1.29 is 23.5 Å². The summed E-state index contributed by atoms with van der Waals surface area (Å²) in [5.74, 6) is -2.47. The van der Waals surface area contributed by atoms with Crippen molar-refractivity contribution in [3.05, 3.63) is 47.5 Å². The van der Waals surface area contributed by atoms with E-state index >= 15 is 0 Å². The van der Waals surface area contributed by atoms with E-state index in [2.05, 4.69) is 5.10 Å². The molecule has 1 aromatic heterocycles. The predicted molar refractivity (Wildman–Crippen MR) is 80.3 cm³/mol. The maximum absolute atomic E-state index is 14.1. The normalized spacial score (nSPS) is 20.4. The van der Waals surface area contributed by atoms with Gasteiger partial charge in [0.25, 0.3) is 5.91 Å². The summed E-state index contributed by atoms with van der Waals surface area (Å²) in [4.78, 5) is 24.6. The standard InChI is InChI=1S/C16H15F2N3O3/c1-10-8-21(12-4-2-11(17)3-5-12)19-13(10)14(22)20-7-6-16(18,9-20)15(23)24/h2-5,8H,6-7,9H2,1H3,(H,23,24). The molecule has 1 unspecified atom stereocenters. The molecular weight excluding hydrogens is 320 g/mol. The first-order valence-electron chi connectivity index (χ1n) is 7.34. The van der Waals surface area contributed by atoms with E-state index in [1.54, 1.807) is 13.1 Å². The molecule has 1 fully saturated rings. The largest absolute Gasteiger partial charge is 0.479 e. The highest BCUT2D eigenvalue weighted by Crippen LogP contribution is 2.27. The third-order valence-corrected chi connectivity index (χ3v) is 4.08. The van der Waals surface area contributed by atoms with Crippen LogP contribution >= 0.6 is 0 Å². The van der Waals surface area contributed by atoms with Crippen LogP contribution in [-0.4, -0.2) is 50.4 Å². The van der Waals surface area contributed by atoms with Gasteiger partial charge in [0.05, 0.1) is 12.2 Å². The Bertz CT molecular complexity index is 803. The molecule has 1 amide bonds. The number of carbonyl (C=O) groups is 2. The molecule has 1 aromatic carbocycles. The number of likely N-dealkylation sites (tertiary alicyclic amines) is 1. The van der Waals surface area contributed by atoms with E-state index in [0.717, 1.165) is 4.90 Å². The average Bonchev–Trinajstić information content (AvgIpc) is 3.12. The summed E-state index contributed by atoms with van der Waals surface area (Å²) in [5, 5.41) is 13.1. The fraction of sp³-hybridized carbons (Fsp3) is 0.312. The van der Waals surface area contributed by atoms with Crippen LogP contribution in [0.5, 0.6) is 0 Å². The third kappa shape index (κ3) is 2.75. The van der Waals surface area contributed by atoms with Gasteiger partial charge in [-0.15, -0.1) is 0 Å². The number of aromatic nitrogens is 2. The number of halogens is 2. The maximum Gasteiger partial charge on any atom is 0.343 e. The van der Waals surface area contributed by atoms with E-state index in [4.69, 9.17) is 5.11 Å². The van der Waals surface area contributed by atoms with Crippen LogP contribution in [0.4, 0.5) is 8.78 Å². The first kappa shape index (κ1) is 16.1. The summed E-state index contributed by atoms with van der Waals surface area (Å²) in [7, 11) is 0. The molecule has 0 bridgehead atoms. The van der Waals surface area contributed by atoms with Crippen LogP contribution in [0.2, 0.25) is 0 Å². The Morgan fingerprint density at radius 1 is 1.29 bits per heavy atom. The van der Waals surface area contributed by atoms with Crippen LogP contribution in [0, 0.1) is 12.7 Å². The molecule has 2 aromatic rings. The molecule has 1 aliphatic heterocycles. The minimum absolute atomic E-state index is 0.0183. The summed E-state index contributed by atoms with van der Waals surface area (Å²) in [6.07, 6.45) is 1.36. The number of carboxylic acids is 1. The number of rotatable bonds is 3. The van der Waals surface area contributed by atoms with Crippen LogP contribution in [0.3, 0.4) is 0 Å². The molecule has 0 radical (unpaired) electrons. The minimum Gasteiger partial charge on any atom is -0.479 e. The van der Waals surface area contributed by atoms with Crippen molar-refractivity contribution in [1.82, 2.24) is 14.7 Å². The Labute approximate surface area is 136 Å². The molecule has 126 valence electrons. The number of hydrogen-bond donors (Lipinski definition) is 1. The summed E-state index contributed by atoms with van der Waals surface area (Å²) in [5.41, 5.74) is -1.15. The number of carboxylic acid groups (broad SMARTS) is 1. The van der Waals surface area contributed by atoms with E-state index in [-0.39, 0.29) is 24.5 Å². The first-order chi connectivity index (χ1) is 11.3. The molecule has 1 N–H and O–H groups in total. The van der Waals surface area contributed by atoms with Crippen molar-refractivity contribution in [2.75, 3.05) is 13.1 Å². The summed E-state index contributed by atoms with van der Waals surface area (Å²) >= 11 is 0. The molecular formula is C16H15F2N3O3. The second kappa shape index (κ2) is 5.70. The second-order valence-corrected chi connectivity index (χ2v) is 5.83. The van der Waals surface area contributed by atoms with Gasteiger partial charge in [0.2, 0.25) is 5.67 Å². The monoisotopic (exact) mass is 335 g/mol. The number of carbonyl (C=O) groups excluding carboxylic acids is 1. The van der Waals surface area contributed by atoms with Gasteiger partial charge in [-0.05, 0) is 31.2 Å². The number of alkyl halides is 1. The van der Waals surface area contributed by atoms with Crippen molar-refractivity contribution in [2.24, 2.45) is 0 Å². The smallest absolute Gasteiger partial charge is 0.343 e. The summed E-state index contributed by atoms with van der Waals surface area (Å²) in [6.45, 7) is 1.20. The zero-order valence-electron chi connectivity index (χ0n) is 12.9. The van der Waals surface area contributed by atoms with Gasteiger partial charge in [0.1, 0.15) is 5.82 Å². The molecule has 1 aliphatic rings. The van der Waals surface area contributed by atoms with Crippen molar-refractivity contribution >= 4 is 11.9 Å². The van der Waals surface area contributed by atoms with Gasteiger partial charge in [-0.25, -0.2) is 18.3 Å². The first-order valence-corrected chi connectivity index (χ1v) is 7.34. The Morgan fingerprint density at radius 2 is 1.96 bits per heavy atom. The van der Waals surface area contributed by atoms with Crippen LogP contribution in [0.25, 0.3) is 5.69 Å². The number of aliphatic carboxylic acids is 1. The van der Waals surface area contributed by atoms with Gasteiger partial charge in [-0.1, -0.05) is 0 Å². The quantitative estimate of drug-likeness (QED) is 0.930. The van der Waals surface area contributed by atoms with Crippen LogP contribution in [0.1, 0.15) is 22.5 Å². The zero-order valence-corrected chi connectivity index (χ0v) is 12.9. The Kier molecular flexibility index (Phi) is 3.82. The molecule has 6 nitrogen and oxygen atoms in total. The van der Waals surface area contributed by atoms with Crippen LogP contribution in [-0.2, 0) is 4.79 Å². The van der Waals surface area contributed by atoms with Gasteiger partial charge in [-0.2, -0.15) is 5.10 Å². The Morgan fingerprint density at radius 3 is 2.54 bits per heavy atom. The van der Waals surface area contributed by atoms with E-state index in [1.807, 2.05) is 0 Å². The van der Waals surface area contributed by atoms with E-state index in [0.29, 0.717) is 11.3 Å². The van der Waals surface area contributed by atoms with Gasteiger partial charge in [0, 0.05) is 24.7 Å². The van der Waals surface area contributed by atoms with E-state index in [1.165, 1.54) is 28.9 Å². The fourth-order valence-corrected chi connectivity index (χ4v) is 2.67. The number of aryl methyl sites for hydroxylation is 1. The van der Waals surface area contributed by atoms with Gasteiger partial charge < -0.3 is 10.0 Å². The van der Waals surface area contributed by atoms with Gasteiger partial charge in [-0.3, -0.25) is 4.79 Å². The predicted octanol–water partition coefficient (Wildman–Crippen LogP) is 1.96. The van der Waals surface area contributed by atoms with Crippen molar-refractivity contribution in [3.8, 4) is 5.69 Å². The highest BCUT2D eigenvalue weighted by Gasteiger charge is 2.47.